The van der Waals surface area contributed by atoms with Gasteiger partial charge in [-0.15, -0.1) is 0 Å². The number of hydrogen-bond acceptors (Lipinski definition) is 5. The van der Waals surface area contributed by atoms with Crippen LogP contribution in [0.1, 0.15) is 29.1 Å². The van der Waals surface area contributed by atoms with E-state index in [4.69, 9.17) is 13.9 Å². The molecule has 0 spiro atoms. The number of hydrogen-bond donors (Lipinski definition) is 1. The van der Waals surface area contributed by atoms with Gasteiger partial charge in [-0.25, -0.2) is 4.79 Å². The summed E-state index contributed by atoms with van der Waals surface area (Å²) in [6.07, 6.45) is 0. The smallest absolute Gasteiger partial charge is 0.342 e. The fourth-order valence-electron chi connectivity index (χ4n) is 3.33. The third kappa shape index (κ3) is 3.98. The molecule has 0 unspecified atom stereocenters. The molecule has 0 saturated carbocycles. The molecule has 1 heterocycles. The lowest BCUT2D eigenvalue weighted by molar-refractivity contribution is -0.125. The molecule has 152 valence electrons. The van der Waals surface area contributed by atoms with Crippen LogP contribution in [0.5, 0.6) is 5.75 Å². The summed E-state index contributed by atoms with van der Waals surface area (Å²) in [5, 5.41) is 5.57. The van der Waals surface area contributed by atoms with E-state index in [0.717, 1.165) is 21.7 Å². The van der Waals surface area contributed by atoms with Gasteiger partial charge >= 0.3 is 5.97 Å². The molecule has 4 aromatic rings. The van der Waals surface area contributed by atoms with Crippen LogP contribution < -0.4 is 10.1 Å². The number of benzene rings is 3. The lowest BCUT2D eigenvalue weighted by Gasteiger charge is -2.13. The van der Waals surface area contributed by atoms with E-state index in [1.807, 2.05) is 61.5 Å². The van der Waals surface area contributed by atoms with Crippen molar-refractivity contribution in [3.63, 3.8) is 0 Å². The third-order valence-electron chi connectivity index (χ3n) is 4.87. The number of esters is 1. The Morgan fingerprint density at radius 2 is 1.63 bits per heavy atom. The summed E-state index contributed by atoms with van der Waals surface area (Å²) in [7, 11) is 1.49. The number of para-hydroxylation sites is 1. The Morgan fingerprint density at radius 3 is 2.33 bits per heavy atom. The van der Waals surface area contributed by atoms with E-state index in [1.54, 1.807) is 12.1 Å². The van der Waals surface area contributed by atoms with Crippen LogP contribution in [-0.2, 0) is 9.53 Å². The van der Waals surface area contributed by atoms with Gasteiger partial charge in [0.15, 0.2) is 6.61 Å². The average Bonchev–Trinajstić information content (AvgIpc) is 3.21. The molecule has 1 aromatic heterocycles. The van der Waals surface area contributed by atoms with E-state index in [-0.39, 0.29) is 11.6 Å². The second kappa shape index (κ2) is 8.29. The fourth-order valence-corrected chi connectivity index (χ4v) is 3.33. The lowest BCUT2D eigenvalue weighted by atomic mass is 10.1. The van der Waals surface area contributed by atoms with Gasteiger partial charge in [-0.05, 0) is 42.0 Å². The first kappa shape index (κ1) is 19.5. The maximum Gasteiger partial charge on any atom is 0.342 e. The number of carbonyl (C=O) groups is 2. The minimum Gasteiger partial charge on any atom is -0.496 e. The van der Waals surface area contributed by atoms with E-state index in [0.29, 0.717) is 11.5 Å². The zero-order chi connectivity index (χ0) is 21.1. The molecule has 3 aromatic carbocycles. The lowest BCUT2D eigenvalue weighted by Crippen LogP contribution is -2.31. The zero-order valence-corrected chi connectivity index (χ0v) is 16.7. The van der Waals surface area contributed by atoms with Crippen molar-refractivity contribution >= 4 is 33.6 Å². The topological polar surface area (TPSA) is 77.8 Å². The predicted octanol–water partition coefficient (Wildman–Crippen LogP) is 4.63. The van der Waals surface area contributed by atoms with Crippen LogP contribution in [0.4, 0.5) is 0 Å². The maximum absolute atomic E-state index is 12.5. The predicted molar refractivity (Wildman–Crippen MR) is 114 cm³/mol. The second-order valence-electron chi connectivity index (χ2n) is 6.95. The molecule has 0 saturated heterocycles. The standard InChI is InChI=1S/C24H21NO5/c1-15(21-13-18-9-5-6-10-20(18)30-21)25-23(26)14-29-24(27)19-11-16-7-3-4-8-17(16)12-22(19)28-2/h3-13,15H,14H2,1-2H3,(H,25,26)/t15-/m0/s1. The number of fused-ring (bicyclic) bond motifs is 2. The Morgan fingerprint density at radius 1 is 0.967 bits per heavy atom. The molecule has 0 fully saturated rings. The van der Waals surface area contributed by atoms with Gasteiger partial charge in [0.05, 0.1) is 13.2 Å². The first-order valence-electron chi connectivity index (χ1n) is 9.57. The summed E-state index contributed by atoms with van der Waals surface area (Å²) >= 11 is 0. The van der Waals surface area contributed by atoms with Crippen molar-refractivity contribution in [1.29, 1.82) is 0 Å². The number of methoxy groups -OCH3 is 1. The van der Waals surface area contributed by atoms with Gasteiger partial charge in [0.2, 0.25) is 0 Å². The molecule has 6 heteroatoms. The van der Waals surface area contributed by atoms with Gasteiger partial charge in [0.1, 0.15) is 22.7 Å². The Bertz CT molecular complexity index is 1190. The van der Waals surface area contributed by atoms with Crippen LogP contribution in [-0.4, -0.2) is 25.6 Å². The average molecular weight is 403 g/mol. The Balaban J connectivity index is 1.41. The normalized spacial score (nSPS) is 11.9. The molecule has 1 N–H and O–H groups in total. The van der Waals surface area contributed by atoms with Crippen molar-refractivity contribution < 1.29 is 23.5 Å². The zero-order valence-electron chi connectivity index (χ0n) is 16.7. The first-order chi connectivity index (χ1) is 14.5. The molecule has 6 nitrogen and oxygen atoms in total. The van der Waals surface area contributed by atoms with Crippen molar-refractivity contribution in [3.8, 4) is 5.75 Å². The summed E-state index contributed by atoms with van der Waals surface area (Å²) < 4.78 is 16.3. The summed E-state index contributed by atoms with van der Waals surface area (Å²) in [6.45, 7) is 1.41. The first-order valence-corrected chi connectivity index (χ1v) is 9.57. The van der Waals surface area contributed by atoms with Crippen LogP contribution in [0.25, 0.3) is 21.7 Å². The number of amides is 1. The maximum atomic E-state index is 12.5. The minimum absolute atomic E-state index is 0.273. The number of ether oxygens (including phenoxy) is 2. The van der Waals surface area contributed by atoms with E-state index in [2.05, 4.69) is 5.32 Å². The van der Waals surface area contributed by atoms with Gasteiger partial charge in [-0.2, -0.15) is 0 Å². The van der Waals surface area contributed by atoms with Crippen LogP contribution >= 0.6 is 0 Å². The van der Waals surface area contributed by atoms with Gasteiger partial charge in [-0.1, -0.05) is 42.5 Å². The molecule has 1 atom stereocenters. The molecular weight excluding hydrogens is 382 g/mol. The monoisotopic (exact) mass is 403 g/mol. The fraction of sp³-hybridized carbons (Fsp3) is 0.167. The summed E-state index contributed by atoms with van der Waals surface area (Å²) in [5.41, 5.74) is 1.03. The van der Waals surface area contributed by atoms with Crippen molar-refractivity contribution in [2.24, 2.45) is 0 Å². The highest BCUT2D eigenvalue weighted by Gasteiger charge is 2.18. The molecule has 0 aliphatic heterocycles. The minimum atomic E-state index is -0.621. The van der Waals surface area contributed by atoms with E-state index in [9.17, 15) is 9.59 Å². The SMILES string of the molecule is COc1cc2ccccc2cc1C(=O)OCC(=O)N[C@@H](C)c1cc2ccccc2o1. The van der Waals surface area contributed by atoms with Crippen LogP contribution in [0.3, 0.4) is 0 Å². The molecule has 4 rings (SSSR count). The highest BCUT2D eigenvalue weighted by Crippen LogP contribution is 2.27. The van der Waals surface area contributed by atoms with Crippen molar-refractivity contribution in [1.82, 2.24) is 5.32 Å². The van der Waals surface area contributed by atoms with Gasteiger partial charge < -0.3 is 19.2 Å². The molecule has 0 aliphatic rings. The molecule has 0 bridgehead atoms. The molecule has 30 heavy (non-hydrogen) atoms. The van der Waals surface area contributed by atoms with Crippen LogP contribution in [0.15, 0.2) is 71.1 Å². The van der Waals surface area contributed by atoms with Gasteiger partial charge in [-0.3, -0.25) is 4.79 Å². The van der Waals surface area contributed by atoms with Crippen molar-refractivity contribution in [2.75, 3.05) is 13.7 Å². The molecule has 1 amide bonds. The Kier molecular flexibility index (Phi) is 5.39. The van der Waals surface area contributed by atoms with Crippen LogP contribution in [0, 0.1) is 0 Å². The van der Waals surface area contributed by atoms with E-state index >= 15 is 0 Å². The van der Waals surface area contributed by atoms with E-state index in [1.165, 1.54) is 7.11 Å². The number of carbonyl (C=O) groups excluding carboxylic acids is 2. The molecule has 0 aliphatic carbocycles. The number of furan rings is 1. The van der Waals surface area contributed by atoms with Crippen molar-refractivity contribution in [2.45, 2.75) is 13.0 Å². The van der Waals surface area contributed by atoms with Crippen LogP contribution in [0.2, 0.25) is 0 Å². The number of rotatable bonds is 6. The largest absolute Gasteiger partial charge is 0.496 e. The highest BCUT2D eigenvalue weighted by atomic mass is 16.5. The quantitative estimate of drug-likeness (QED) is 0.475. The third-order valence-corrected chi connectivity index (χ3v) is 4.87. The summed E-state index contributed by atoms with van der Waals surface area (Å²) in [5.74, 6) is -0.0120. The Hall–Kier alpha value is -3.80. The molecular formula is C24H21NO5. The van der Waals surface area contributed by atoms with Crippen molar-refractivity contribution in [3.05, 3.63) is 78.1 Å². The van der Waals surface area contributed by atoms with Gasteiger partial charge in [0, 0.05) is 5.39 Å². The van der Waals surface area contributed by atoms with E-state index < -0.39 is 18.5 Å². The second-order valence-corrected chi connectivity index (χ2v) is 6.95. The molecule has 0 radical (unpaired) electrons. The summed E-state index contributed by atoms with van der Waals surface area (Å²) in [6, 6.07) is 20.2. The number of nitrogens with one attached hydrogen (secondary N) is 1. The van der Waals surface area contributed by atoms with Gasteiger partial charge in [0.25, 0.3) is 5.91 Å². The Labute approximate surface area is 173 Å². The summed E-state index contributed by atoms with van der Waals surface area (Å²) in [4.78, 5) is 24.8. The highest BCUT2D eigenvalue weighted by molar-refractivity contribution is 5.99.